The molecular formula is C17H18N4O. The highest BCUT2D eigenvalue weighted by atomic mass is 16.5. The van der Waals surface area contributed by atoms with Gasteiger partial charge in [-0.25, -0.2) is 9.50 Å². The van der Waals surface area contributed by atoms with E-state index in [1.165, 1.54) is 6.42 Å². The van der Waals surface area contributed by atoms with E-state index in [1.54, 1.807) is 6.20 Å². The normalized spacial score (nSPS) is 18.0. The van der Waals surface area contributed by atoms with Crippen LogP contribution in [0.2, 0.25) is 0 Å². The Morgan fingerprint density at radius 2 is 2.05 bits per heavy atom. The van der Waals surface area contributed by atoms with Crippen molar-refractivity contribution < 1.29 is 4.74 Å². The van der Waals surface area contributed by atoms with Gasteiger partial charge in [-0.15, -0.1) is 5.10 Å². The summed E-state index contributed by atoms with van der Waals surface area (Å²) in [6, 6.07) is 14.4. The summed E-state index contributed by atoms with van der Waals surface area (Å²) < 4.78 is 7.75. The van der Waals surface area contributed by atoms with Crippen LogP contribution in [0.1, 0.15) is 12.8 Å². The van der Waals surface area contributed by atoms with Crippen molar-refractivity contribution in [3.05, 3.63) is 54.9 Å². The second kappa shape index (κ2) is 5.67. The molecule has 0 radical (unpaired) electrons. The van der Waals surface area contributed by atoms with Crippen LogP contribution >= 0.6 is 0 Å². The molecule has 4 rings (SSSR count). The molecule has 0 aliphatic carbocycles. The average molecular weight is 294 g/mol. The molecule has 3 aromatic rings. The fourth-order valence-electron chi connectivity index (χ4n) is 2.98. The minimum absolute atomic E-state index is 0.369. The van der Waals surface area contributed by atoms with Crippen molar-refractivity contribution in [2.75, 3.05) is 18.1 Å². The molecule has 0 spiro atoms. The van der Waals surface area contributed by atoms with Crippen LogP contribution in [0.3, 0.4) is 0 Å². The second-order valence-electron chi connectivity index (χ2n) is 5.54. The first-order valence-corrected chi connectivity index (χ1v) is 7.65. The number of nitrogens with zero attached hydrogens (tertiary/aromatic N) is 4. The van der Waals surface area contributed by atoms with E-state index in [0.29, 0.717) is 12.6 Å². The zero-order valence-corrected chi connectivity index (χ0v) is 12.3. The van der Waals surface area contributed by atoms with Gasteiger partial charge in [0.15, 0.2) is 5.65 Å². The Balaban J connectivity index is 1.50. The van der Waals surface area contributed by atoms with Crippen LogP contribution < -0.4 is 9.64 Å². The van der Waals surface area contributed by atoms with Crippen molar-refractivity contribution in [2.45, 2.75) is 18.9 Å². The Hall–Kier alpha value is -2.56. The largest absolute Gasteiger partial charge is 0.491 e. The quantitative estimate of drug-likeness (QED) is 0.742. The molecule has 1 aliphatic rings. The number of hydrogen-bond acceptors (Lipinski definition) is 4. The van der Waals surface area contributed by atoms with Crippen LogP contribution in [0.15, 0.2) is 54.9 Å². The molecule has 0 saturated carbocycles. The molecule has 0 N–H and O–H groups in total. The minimum Gasteiger partial charge on any atom is -0.491 e. The summed E-state index contributed by atoms with van der Waals surface area (Å²) in [5, 5.41) is 4.65. The van der Waals surface area contributed by atoms with E-state index < -0.39 is 0 Å². The maximum absolute atomic E-state index is 5.93. The zero-order chi connectivity index (χ0) is 14.8. The molecule has 1 saturated heterocycles. The van der Waals surface area contributed by atoms with Crippen LogP contribution in [-0.4, -0.2) is 33.8 Å². The van der Waals surface area contributed by atoms with Gasteiger partial charge < -0.3 is 9.64 Å². The first-order valence-electron chi connectivity index (χ1n) is 7.65. The highest BCUT2D eigenvalue weighted by Gasteiger charge is 2.26. The molecule has 0 unspecified atom stereocenters. The van der Waals surface area contributed by atoms with Gasteiger partial charge in [0.1, 0.15) is 18.2 Å². The number of aromatic nitrogens is 3. The number of hydrogen-bond donors (Lipinski definition) is 0. The van der Waals surface area contributed by atoms with Crippen molar-refractivity contribution in [2.24, 2.45) is 0 Å². The van der Waals surface area contributed by atoms with Gasteiger partial charge in [0.05, 0.1) is 6.04 Å². The summed E-state index contributed by atoms with van der Waals surface area (Å²) in [5.41, 5.74) is 0.875. The number of fused-ring (bicyclic) bond motifs is 1. The maximum Gasteiger partial charge on any atom is 0.153 e. The van der Waals surface area contributed by atoms with Crippen molar-refractivity contribution in [1.82, 2.24) is 14.6 Å². The Labute approximate surface area is 129 Å². The number of rotatable bonds is 4. The number of anilines is 1. The first-order chi connectivity index (χ1) is 10.9. The van der Waals surface area contributed by atoms with Crippen molar-refractivity contribution in [1.29, 1.82) is 0 Å². The fraction of sp³-hybridized carbons (Fsp3) is 0.294. The molecule has 3 heterocycles. The third-order valence-corrected chi connectivity index (χ3v) is 4.10. The minimum atomic E-state index is 0.369. The van der Waals surface area contributed by atoms with Crippen molar-refractivity contribution >= 4 is 11.5 Å². The molecule has 5 heteroatoms. The van der Waals surface area contributed by atoms with E-state index >= 15 is 0 Å². The van der Waals surface area contributed by atoms with Gasteiger partial charge in [-0.3, -0.25) is 0 Å². The lowest BCUT2D eigenvalue weighted by molar-refractivity contribution is 0.288. The predicted octanol–water partition coefficient (Wildman–Crippen LogP) is 2.78. The van der Waals surface area contributed by atoms with Gasteiger partial charge >= 0.3 is 0 Å². The van der Waals surface area contributed by atoms with Crippen LogP contribution in [-0.2, 0) is 0 Å². The van der Waals surface area contributed by atoms with Crippen LogP contribution in [0, 0.1) is 0 Å². The van der Waals surface area contributed by atoms with Gasteiger partial charge in [-0.1, -0.05) is 18.2 Å². The SMILES string of the molecule is c1ccc(OC[C@H]2CCCN2c2ccc3nccn3n2)cc1. The zero-order valence-electron chi connectivity index (χ0n) is 12.3. The smallest absolute Gasteiger partial charge is 0.153 e. The van der Waals surface area contributed by atoms with Crippen LogP contribution in [0.4, 0.5) is 5.82 Å². The summed E-state index contributed by atoms with van der Waals surface area (Å²) in [5.74, 6) is 1.91. The van der Waals surface area contributed by atoms with E-state index in [4.69, 9.17) is 4.74 Å². The molecule has 0 bridgehead atoms. The van der Waals surface area contributed by atoms with Crippen LogP contribution in [0.25, 0.3) is 5.65 Å². The molecule has 1 fully saturated rings. The van der Waals surface area contributed by atoms with Gasteiger partial charge in [-0.2, -0.15) is 0 Å². The van der Waals surface area contributed by atoms with E-state index in [9.17, 15) is 0 Å². The fourth-order valence-corrected chi connectivity index (χ4v) is 2.98. The lowest BCUT2D eigenvalue weighted by Crippen LogP contribution is -2.35. The summed E-state index contributed by atoms with van der Waals surface area (Å²) in [6.45, 7) is 1.71. The van der Waals surface area contributed by atoms with Gasteiger partial charge in [0.25, 0.3) is 0 Å². The van der Waals surface area contributed by atoms with Gasteiger partial charge in [-0.05, 0) is 37.1 Å². The van der Waals surface area contributed by atoms with E-state index in [-0.39, 0.29) is 0 Å². The average Bonchev–Trinajstić information content (AvgIpc) is 3.22. The summed E-state index contributed by atoms with van der Waals surface area (Å²) >= 11 is 0. The molecule has 112 valence electrons. The third kappa shape index (κ3) is 2.50. The Morgan fingerprint density at radius 1 is 1.14 bits per heavy atom. The first kappa shape index (κ1) is 13.1. The summed E-state index contributed by atoms with van der Waals surface area (Å²) in [4.78, 5) is 6.57. The van der Waals surface area contributed by atoms with Crippen molar-refractivity contribution in [3.8, 4) is 5.75 Å². The van der Waals surface area contributed by atoms with Crippen molar-refractivity contribution in [3.63, 3.8) is 0 Å². The molecule has 1 atom stereocenters. The second-order valence-corrected chi connectivity index (χ2v) is 5.54. The van der Waals surface area contributed by atoms with E-state index in [2.05, 4.69) is 15.0 Å². The monoisotopic (exact) mass is 294 g/mol. The molecule has 1 aromatic carbocycles. The van der Waals surface area contributed by atoms with E-state index in [1.807, 2.05) is 53.2 Å². The lowest BCUT2D eigenvalue weighted by Gasteiger charge is -2.25. The number of imidazole rings is 1. The molecular weight excluding hydrogens is 276 g/mol. The topological polar surface area (TPSA) is 42.7 Å². The summed E-state index contributed by atoms with van der Waals surface area (Å²) in [6.07, 6.45) is 5.96. The summed E-state index contributed by atoms with van der Waals surface area (Å²) in [7, 11) is 0. The highest BCUT2D eigenvalue weighted by Crippen LogP contribution is 2.24. The van der Waals surface area contributed by atoms with E-state index in [0.717, 1.165) is 30.2 Å². The Bertz CT molecular complexity index is 755. The predicted molar refractivity (Wildman–Crippen MR) is 85.3 cm³/mol. The molecule has 0 amide bonds. The molecule has 2 aromatic heterocycles. The number of para-hydroxylation sites is 1. The molecule has 1 aliphatic heterocycles. The Kier molecular flexibility index (Phi) is 3.39. The number of benzene rings is 1. The lowest BCUT2D eigenvalue weighted by atomic mass is 10.2. The van der Waals surface area contributed by atoms with Gasteiger partial charge in [0, 0.05) is 18.9 Å². The van der Waals surface area contributed by atoms with Crippen LogP contribution in [0.5, 0.6) is 5.75 Å². The molecule has 22 heavy (non-hydrogen) atoms. The Morgan fingerprint density at radius 3 is 2.95 bits per heavy atom. The third-order valence-electron chi connectivity index (χ3n) is 4.10. The highest BCUT2D eigenvalue weighted by molar-refractivity contribution is 5.47. The maximum atomic E-state index is 5.93. The standard InChI is InChI=1S/C17H18N4O/c1-2-6-15(7-3-1)22-13-14-5-4-11-20(14)17-9-8-16-18-10-12-21(16)19-17/h1-3,6-10,12,14H,4-5,11,13H2/t14-/m1/s1. The number of ether oxygens (including phenoxy) is 1. The van der Waals surface area contributed by atoms with Gasteiger partial charge in [0.2, 0.25) is 0 Å². The molecule has 5 nitrogen and oxygen atoms in total.